The predicted molar refractivity (Wildman–Crippen MR) is 95.0 cm³/mol. The molecule has 1 atom stereocenters. The van der Waals surface area contributed by atoms with Crippen LogP contribution < -0.4 is 0 Å². The fourth-order valence-corrected chi connectivity index (χ4v) is 3.10. The Balaban J connectivity index is 2.09. The summed E-state index contributed by atoms with van der Waals surface area (Å²) in [7, 11) is 0. The molecule has 1 unspecified atom stereocenters. The molecule has 0 saturated carbocycles. The summed E-state index contributed by atoms with van der Waals surface area (Å²) < 4.78 is 10.7. The Labute approximate surface area is 147 Å². The molecule has 0 amide bonds. The fourth-order valence-electron chi connectivity index (χ4n) is 3.10. The van der Waals surface area contributed by atoms with Gasteiger partial charge >= 0.3 is 5.97 Å². The lowest BCUT2D eigenvalue weighted by Crippen LogP contribution is -2.44. The third-order valence-corrected chi connectivity index (χ3v) is 4.54. The van der Waals surface area contributed by atoms with Crippen LogP contribution in [0, 0.1) is 0 Å². The maximum atomic E-state index is 12.0. The quantitative estimate of drug-likeness (QED) is 0.380. The summed E-state index contributed by atoms with van der Waals surface area (Å²) in [5.74, 6) is -0.246. The molecule has 1 aliphatic heterocycles. The first kappa shape index (κ1) is 21.1. The SMILES string of the molecule is CCCCCCCOCCOC(=O)CC(C(C)=O)N1CCCCC1. The number of hydrogen-bond acceptors (Lipinski definition) is 5. The van der Waals surface area contributed by atoms with Crippen LogP contribution in [0.1, 0.15) is 71.6 Å². The van der Waals surface area contributed by atoms with E-state index in [1.165, 1.54) is 32.1 Å². The summed E-state index contributed by atoms with van der Waals surface area (Å²) in [4.78, 5) is 25.9. The second kappa shape index (κ2) is 13.4. The van der Waals surface area contributed by atoms with Gasteiger partial charge in [0.25, 0.3) is 0 Å². The molecule has 0 aromatic carbocycles. The number of likely N-dealkylation sites (tertiary alicyclic amines) is 1. The maximum absolute atomic E-state index is 12.0. The Kier molecular flexibility index (Phi) is 11.7. The summed E-state index contributed by atoms with van der Waals surface area (Å²) in [6, 6.07) is -0.322. The van der Waals surface area contributed by atoms with Crippen molar-refractivity contribution in [1.29, 1.82) is 0 Å². The van der Waals surface area contributed by atoms with Gasteiger partial charge in [0.05, 0.1) is 19.1 Å². The van der Waals surface area contributed by atoms with Crippen LogP contribution in [0.3, 0.4) is 0 Å². The first-order chi connectivity index (χ1) is 11.6. The Bertz CT molecular complexity index is 353. The minimum absolute atomic E-state index is 0.0529. The second-order valence-electron chi connectivity index (χ2n) is 6.67. The number of ether oxygens (including phenoxy) is 2. The number of unbranched alkanes of at least 4 members (excludes halogenated alkanes) is 4. The lowest BCUT2D eigenvalue weighted by Gasteiger charge is -2.32. The number of piperidine rings is 1. The molecular weight excluding hydrogens is 306 g/mol. The zero-order valence-electron chi connectivity index (χ0n) is 15.6. The third-order valence-electron chi connectivity index (χ3n) is 4.54. The van der Waals surface area contributed by atoms with Crippen molar-refractivity contribution >= 4 is 11.8 Å². The highest BCUT2D eigenvalue weighted by molar-refractivity contribution is 5.86. The zero-order chi connectivity index (χ0) is 17.6. The van der Waals surface area contributed by atoms with E-state index in [0.717, 1.165) is 39.0 Å². The Morgan fingerprint density at radius 2 is 1.67 bits per heavy atom. The number of rotatable bonds is 13. The first-order valence-corrected chi connectivity index (χ1v) is 9.63. The summed E-state index contributed by atoms with van der Waals surface area (Å²) in [6.07, 6.45) is 9.63. The lowest BCUT2D eigenvalue weighted by atomic mass is 10.0. The molecule has 0 spiro atoms. The molecule has 0 aromatic heterocycles. The average Bonchev–Trinajstić information content (AvgIpc) is 2.58. The van der Waals surface area contributed by atoms with Gasteiger partial charge in [-0.05, 0) is 39.3 Å². The third kappa shape index (κ3) is 9.38. The van der Waals surface area contributed by atoms with E-state index in [0.29, 0.717) is 6.61 Å². The van der Waals surface area contributed by atoms with E-state index >= 15 is 0 Å². The van der Waals surface area contributed by atoms with Crippen LogP contribution in [0.5, 0.6) is 0 Å². The summed E-state index contributed by atoms with van der Waals surface area (Å²) in [5, 5.41) is 0. The van der Waals surface area contributed by atoms with Crippen molar-refractivity contribution in [2.45, 2.75) is 77.7 Å². The van der Waals surface area contributed by atoms with Gasteiger partial charge in [-0.1, -0.05) is 39.0 Å². The molecule has 1 rings (SSSR count). The van der Waals surface area contributed by atoms with Crippen molar-refractivity contribution in [3.63, 3.8) is 0 Å². The molecule has 0 radical (unpaired) electrons. The van der Waals surface area contributed by atoms with Gasteiger partial charge in [0.1, 0.15) is 12.4 Å². The molecule has 5 nitrogen and oxygen atoms in total. The van der Waals surface area contributed by atoms with E-state index in [9.17, 15) is 9.59 Å². The molecule has 1 aliphatic rings. The smallest absolute Gasteiger partial charge is 0.307 e. The van der Waals surface area contributed by atoms with Gasteiger partial charge in [-0.25, -0.2) is 0 Å². The minimum Gasteiger partial charge on any atom is -0.463 e. The van der Waals surface area contributed by atoms with Crippen LogP contribution in [0.15, 0.2) is 0 Å². The highest BCUT2D eigenvalue weighted by Crippen LogP contribution is 2.15. The van der Waals surface area contributed by atoms with Gasteiger partial charge in [0.15, 0.2) is 0 Å². The van der Waals surface area contributed by atoms with Crippen LogP contribution in [0.4, 0.5) is 0 Å². The van der Waals surface area contributed by atoms with E-state index in [2.05, 4.69) is 11.8 Å². The predicted octanol–water partition coefficient (Wildman–Crippen LogP) is 3.35. The molecule has 24 heavy (non-hydrogen) atoms. The van der Waals surface area contributed by atoms with Crippen LogP contribution in [0.25, 0.3) is 0 Å². The average molecular weight is 341 g/mol. The summed E-state index contributed by atoms with van der Waals surface area (Å²) >= 11 is 0. The van der Waals surface area contributed by atoms with Crippen molar-refractivity contribution in [2.75, 3.05) is 32.9 Å². The number of ketones is 1. The van der Waals surface area contributed by atoms with Crippen LogP contribution >= 0.6 is 0 Å². The molecule has 0 bridgehead atoms. The van der Waals surface area contributed by atoms with Crippen LogP contribution in [-0.4, -0.2) is 55.6 Å². The second-order valence-corrected chi connectivity index (χ2v) is 6.67. The molecule has 1 heterocycles. The van der Waals surface area contributed by atoms with Gasteiger partial charge in [-0.3, -0.25) is 14.5 Å². The van der Waals surface area contributed by atoms with Crippen molar-refractivity contribution in [1.82, 2.24) is 4.90 Å². The van der Waals surface area contributed by atoms with Gasteiger partial charge in [0, 0.05) is 6.61 Å². The van der Waals surface area contributed by atoms with E-state index in [1.807, 2.05) is 0 Å². The molecular formula is C19H35NO4. The Morgan fingerprint density at radius 1 is 0.958 bits per heavy atom. The number of Topliss-reactive ketones (excluding diaryl/α,β-unsaturated/α-hetero) is 1. The van der Waals surface area contributed by atoms with Crippen molar-refractivity contribution in [2.24, 2.45) is 0 Å². The standard InChI is InChI=1S/C19H35NO4/c1-3-4-5-6-10-13-23-14-15-24-19(22)16-18(17(2)21)20-11-8-7-9-12-20/h18H,3-16H2,1-2H3. The lowest BCUT2D eigenvalue weighted by molar-refractivity contribution is -0.148. The molecule has 140 valence electrons. The Morgan fingerprint density at radius 3 is 2.33 bits per heavy atom. The van der Waals surface area contributed by atoms with E-state index in [1.54, 1.807) is 6.92 Å². The number of esters is 1. The maximum Gasteiger partial charge on any atom is 0.307 e. The number of carbonyl (C=O) groups excluding carboxylic acids is 2. The first-order valence-electron chi connectivity index (χ1n) is 9.63. The number of hydrogen-bond donors (Lipinski definition) is 0. The van der Waals surface area contributed by atoms with E-state index in [-0.39, 0.29) is 30.8 Å². The number of carbonyl (C=O) groups is 2. The molecule has 1 fully saturated rings. The molecule has 0 aliphatic carbocycles. The van der Waals surface area contributed by atoms with Crippen LogP contribution in [-0.2, 0) is 19.1 Å². The minimum atomic E-state index is -0.322. The topological polar surface area (TPSA) is 55.8 Å². The van der Waals surface area contributed by atoms with Gasteiger partial charge < -0.3 is 9.47 Å². The van der Waals surface area contributed by atoms with E-state index in [4.69, 9.17) is 9.47 Å². The monoisotopic (exact) mass is 341 g/mol. The van der Waals surface area contributed by atoms with Crippen molar-refractivity contribution in [3.8, 4) is 0 Å². The van der Waals surface area contributed by atoms with Crippen molar-refractivity contribution < 1.29 is 19.1 Å². The summed E-state index contributed by atoms with van der Waals surface area (Å²) in [5.41, 5.74) is 0. The fraction of sp³-hybridized carbons (Fsp3) is 0.895. The number of nitrogens with zero attached hydrogens (tertiary/aromatic N) is 1. The largest absolute Gasteiger partial charge is 0.463 e. The van der Waals surface area contributed by atoms with E-state index < -0.39 is 0 Å². The highest BCUT2D eigenvalue weighted by Gasteiger charge is 2.27. The summed E-state index contributed by atoms with van der Waals surface area (Å²) in [6.45, 7) is 7.01. The highest BCUT2D eigenvalue weighted by atomic mass is 16.6. The molecule has 5 heteroatoms. The van der Waals surface area contributed by atoms with Gasteiger partial charge in [0.2, 0.25) is 0 Å². The molecule has 1 saturated heterocycles. The van der Waals surface area contributed by atoms with Gasteiger partial charge in [-0.2, -0.15) is 0 Å². The Hall–Kier alpha value is -0.940. The van der Waals surface area contributed by atoms with Gasteiger partial charge in [-0.15, -0.1) is 0 Å². The zero-order valence-corrected chi connectivity index (χ0v) is 15.6. The molecule has 0 N–H and O–H groups in total. The normalized spacial score (nSPS) is 16.8. The van der Waals surface area contributed by atoms with Crippen LogP contribution in [0.2, 0.25) is 0 Å². The van der Waals surface area contributed by atoms with Crippen molar-refractivity contribution in [3.05, 3.63) is 0 Å². The molecule has 0 aromatic rings.